The predicted octanol–water partition coefficient (Wildman–Crippen LogP) is 4.54. The lowest BCUT2D eigenvalue weighted by molar-refractivity contribution is -0.138. The Labute approximate surface area is 204 Å². The summed E-state index contributed by atoms with van der Waals surface area (Å²) in [6.45, 7) is 5.18. The number of benzene rings is 2. The normalized spacial score (nSPS) is 10.3. The van der Waals surface area contributed by atoms with Gasteiger partial charge in [-0.25, -0.2) is 9.78 Å². The van der Waals surface area contributed by atoms with Crippen LogP contribution in [-0.2, 0) is 6.18 Å². The maximum Gasteiger partial charge on any atom is 0.419 e. The number of anilines is 1. The van der Waals surface area contributed by atoms with Gasteiger partial charge in [0.2, 0.25) is 5.78 Å². The van der Waals surface area contributed by atoms with E-state index in [2.05, 4.69) is 4.98 Å². The lowest BCUT2D eigenvalue weighted by atomic mass is 9.98. The molecule has 36 heavy (non-hydrogen) atoms. The molecule has 0 aliphatic heterocycles. The van der Waals surface area contributed by atoms with E-state index in [1.165, 1.54) is 25.1 Å². The zero-order valence-corrected chi connectivity index (χ0v) is 19.5. The van der Waals surface area contributed by atoms with Gasteiger partial charge in [0.25, 0.3) is 0 Å². The minimum Gasteiger partial charge on any atom is -0.507 e. The van der Waals surface area contributed by atoms with Crippen LogP contribution in [0.1, 0.15) is 50.0 Å². The molecule has 0 bridgehead atoms. The van der Waals surface area contributed by atoms with Gasteiger partial charge in [-0.15, -0.1) is 0 Å². The number of phenols is 1. The van der Waals surface area contributed by atoms with E-state index < -0.39 is 29.2 Å². The van der Waals surface area contributed by atoms with Crippen LogP contribution in [0.15, 0.2) is 48.7 Å². The number of carbonyl (C=O) groups excluding carboxylic acids is 1. The smallest absolute Gasteiger partial charge is 0.419 e. The highest BCUT2D eigenvalue weighted by Crippen LogP contribution is 2.35. The molecule has 3 rings (SSSR count). The number of aromatic nitrogens is 1. The molecule has 1 heterocycles. The van der Waals surface area contributed by atoms with Crippen LogP contribution in [0, 0.1) is 13.8 Å². The number of aryl methyl sites for hydroxylation is 2. The number of ketones is 1. The number of aliphatic hydroxyl groups excluding tert-OH is 1. The van der Waals surface area contributed by atoms with Crippen molar-refractivity contribution in [1.82, 2.24) is 4.98 Å². The molecule has 6 N–H and O–H groups in total. The zero-order chi connectivity index (χ0) is 27.6. The molecule has 1 aromatic heterocycles. The van der Waals surface area contributed by atoms with Crippen LogP contribution in [0.3, 0.4) is 0 Å². The van der Waals surface area contributed by atoms with Crippen LogP contribution in [0.4, 0.5) is 18.9 Å². The quantitative estimate of drug-likeness (QED) is 0.219. The fraction of sp³-hybridized carbons (Fsp3) is 0.208. The summed E-state index contributed by atoms with van der Waals surface area (Å²) in [5.41, 5.74) is 1.43. The maximum atomic E-state index is 12.4. The molecule has 0 saturated heterocycles. The summed E-state index contributed by atoms with van der Waals surface area (Å²) in [4.78, 5) is 27.4. The topological polar surface area (TPSA) is 160 Å². The number of aliphatic hydroxyl groups is 1. The van der Waals surface area contributed by atoms with E-state index in [9.17, 15) is 33.0 Å². The number of rotatable bonds is 4. The summed E-state index contributed by atoms with van der Waals surface area (Å²) in [7, 11) is 0. The van der Waals surface area contributed by atoms with Gasteiger partial charge in [-0.1, -0.05) is 23.3 Å². The summed E-state index contributed by atoms with van der Waals surface area (Å²) in [5.74, 6) is -2.89. The second kappa shape index (κ2) is 13.1. The number of halogens is 3. The highest BCUT2D eigenvalue weighted by molar-refractivity contribution is 6.15. The Bertz CT molecular complexity index is 1210. The number of carboxylic acid groups (broad SMARTS) is 1. The fourth-order valence-corrected chi connectivity index (χ4v) is 2.76. The molecule has 12 heteroatoms. The minimum atomic E-state index is -4.48. The van der Waals surface area contributed by atoms with Crippen molar-refractivity contribution in [3.05, 3.63) is 82.2 Å². The third kappa shape index (κ3) is 8.25. The third-order valence-corrected chi connectivity index (χ3v) is 4.32. The number of nitrogens with one attached hydrogen (secondary N) is 1. The Kier molecular flexibility index (Phi) is 10.8. The van der Waals surface area contributed by atoms with Crippen molar-refractivity contribution in [1.29, 1.82) is 0 Å². The number of pyridine rings is 1. The van der Waals surface area contributed by atoms with E-state index in [-0.39, 0.29) is 34.9 Å². The molecule has 0 radical (unpaired) electrons. The van der Waals surface area contributed by atoms with Gasteiger partial charge in [0, 0.05) is 18.2 Å². The van der Waals surface area contributed by atoms with Crippen LogP contribution in [0.5, 0.6) is 11.5 Å². The second-order valence-electron chi connectivity index (χ2n) is 7.22. The molecule has 0 unspecified atom stereocenters. The summed E-state index contributed by atoms with van der Waals surface area (Å²) < 4.78 is 36.2. The van der Waals surface area contributed by atoms with Crippen molar-refractivity contribution in [2.24, 2.45) is 0 Å². The third-order valence-electron chi connectivity index (χ3n) is 4.32. The monoisotopic (exact) mass is 510 g/mol. The van der Waals surface area contributed by atoms with Crippen LogP contribution >= 0.6 is 0 Å². The van der Waals surface area contributed by atoms with E-state index in [4.69, 9.17) is 15.4 Å². The summed E-state index contributed by atoms with van der Waals surface area (Å²) >= 11 is 0. The van der Waals surface area contributed by atoms with E-state index in [0.717, 1.165) is 24.4 Å². The molecule has 0 spiro atoms. The lowest BCUT2D eigenvalue weighted by Crippen LogP contribution is -2.13. The van der Waals surface area contributed by atoms with Gasteiger partial charge in [0.1, 0.15) is 17.2 Å². The number of phenolic OH excluding ortho intramolecular Hbond substituents is 1. The summed E-state index contributed by atoms with van der Waals surface area (Å²) in [6, 6.07) is 8.85. The average Bonchev–Trinajstić information content (AvgIpc) is 2.80. The summed E-state index contributed by atoms with van der Waals surface area (Å²) in [6.07, 6.45) is -3.45. The molecule has 3 aromatic rings. The highest BCUT2D eigenvalue weighted by Gasteiger charge is 2.33. The molecule has 0 aliphatic rings. The maximum absolute atomic E-state index is 12.4. The Morgan fingerprint density at radius 1 is 0.972 bits per heavy atom. The van der Waals surface area contributed by atoms with Crippen LogP contribution in [-0.4, -0.2) is 49.0 Å². The van der Waals surface area contributed by atoms with Gasteiger partial charge in [-0.3, -0.25) is 15.5 Å². The van der Waals surface area contributed by atoms with Crippen molar-refractivity contribution in [2.45, 2.75) is 26.9 Å². The minimum absolute atomic E-state index is 0.0530. The number of aromatic carboxylic acids is 1. The van der Waals surface area contributed by atoms with Gasteiger partial charge in [0.15, 0.2) is 0 Å². The van der Waals surface area contributed by atoms with Gasteiger partial charge < -0.3 is 20.4 Å². The van der Waals surface area contributed by atoms with Gasteiger partial charge >= 0.3 is 12.1 Å². The summed E-state index contributed by atoms with van der Waals surface area (Å²) in [5, 5.41) is 43.9. The number of aromatic hydroxyl groups is 2. The number of alkyl halides is 3. The molecule has 0 fully saturated rings. The molecule has 194 valence electrons. The number of nitrogens with zero attached hydrogens (tertiary/aromatic N) is 1. The second-order valence-corrected chi connectivity index (χ2v) is 7.22. The first kappa shape index (κ1) is 29.9. The first-order chi connectivity index (χ1) is 16.8. The Morgan fingerprint density at radius 2 is 1.53 bits per heavy atom. The Balaban J connectivity index is 0.000000365. The van der Waals surface area contributed by atoms with Crippen LogP contribution in [0.2, 0.25) is 0 Å². The molecule has 0 atom stereocenters. The number of carbonyl (C=O) groups is 2. The van der Waals surface area contributed by atoms with E-state index in [1.807, 2.05) is 0 Å². The molecule has 0 saturated carbocycles. The predicted molar refractivity (Wildman–Crippen MR) is 123 cm³/mol. The van der Waals surface area contributed by atoms with Crippen molar-refractivity contribution in [3.63, 3.8) is 0 Å². The zero-order valence-electron chi connectivity index (χ0n) is 19.5. The first-order valence-electron chi connectivity index (χ1n) is 10.2. The number of hydrogen-bond acceptors (Lipinski definition) is 8. The van der Waals surface area contributed by atoms with Crippen molar-refractivity contribution in [3.8, 4) is 11.5 Å². The SMILES string of the molecule is CCO.Cc1ccc(C(=O)c2ncc(O)cc2NO)c(C(=O)O)c1.Cc1ccc(O)c(C(F)(F)F)c1. The molecule has 9 nitrogen and oxygen atoms in total. The molecule has 0 amide bonds. The van der Waals surface area contributed by atoms with E-state index in [1.54, 1.807) is 25.4 Å². The molecule has 2 aromatic carbocycles. The molecular formula is C24H25F3N2O7. The molecule has 0 aliphatic carbocycles. The Hall–Kier alpha value is -4.16. The van der Waals surface area contributed by atoms with Gasteiger partial charge in [0.05, 0.1) is 23.0 Å². The van der Waals surface area contributed by atoms with Crippen LogP contribution < -0.4 is 5.48 Å². The number of hydrogen-bond donors (Lipinski definition) is 6. The van der Waals surface area contributed by atoms with Crippen LogP contribution in [0.25, 0.3) is 0 Å². The standard InChI is InChI=1S/C14H12N2O5.C8H7F3O.C2H6O/c1-7-2-3-9(10(4-7)14(19)20)13(18)12-11(16-21)5-8(17)6-15-12;1-5-2-3-7(12)6(4-5)8(9,10)11;1-2-3/h2-6,16-17,21H,1H3,(H,19,20);2-4,12H,1H3;3H,2H2,1H3. The van der Waals surface area contributed by atoms with Crippen molar-refractivity contribution in [2.75, 3.05) is 12.1 Å². The number of carboxylic acids is 1. The first-order valence-corrected chi connectivity index (χ1v) is 10.2. The van der Waals surface area contributed by atoms with Gasteiger partial charge in [-0.05, 0) is 45.0 Å². The van der Waals surface area contributed by atoms with E-state index >= 15 is 0 Å². The largest absolute Gasteiger partial charge is 0.507 e. The Morgan fingerprint density at radius 3 is 2.03 bits per heavy atom. The van der Waals surface area contributed by atoms with Crippen molar-refractivity contribution >= 4 is 17.4 Å². The molecular weight excluding hydrogens is 485 g/mol. The van der Waals surface area contributed by atoms with Gasteiger partial charge in [-0.2, -0.15) is 13.2 Å². The average molecular weight is 510 g/mol. The lowest BCUT2D eigenvalue weighted by Gasteiger charge is -2.09. The fourth-order valence-electron chi connectivity index (χ4n) is 2.76. The highest BCUT2D eigenvalue weighted by atomic mass is 19.4. The van der Waals surface area contributed by atoms with Crippen molar-refractivity contribution < 1.29 is 48.4 Å². The van der Waals surface area contributed by atoms with E-state index in [0.29, 0.717) is 11.1 Å².